The van der Waals surface area contributed by atoms with Gasteiger partial charge in [0, 0.05) is 19.2 Å². The average Bonchev–Trinajstić information content (AvgIpc) is 3.46. The summed E-state index contributed by atoms with van der Waals surface area (Å²) < 4.78 is 45.6. The van der Waals surface area contributed by atoms with Crippen molar-refractivity contribution in [1.29, 1.82) is 0 Å². The van der Waals surface area contributed by atoms with Gasteiger partial charge < -0.3 is 29.5 Å². The highest BCUT2D eigenvalue weighted by molar-refractivity contribution is 5.83. The molecule has 5 rings (SSSR count). The first-order valence-corrected chi connectivity index (χ1v) is 16.4. The van der Waals surface area contributed by atoms with Crippen LogP contribution in [0.3, 0.4) is 0 Å². The number of halogens is 2. The Morgan fingerprint density at radius 2 is 1.45 bits per heavy atom. The molecule has 3 aromatic rings. The van der Waals surface area contributed by atoms with E-state index >= 15 is 0 Å². The van der Waals surface area contributed by atoms with Crippen molar-refractivity contribution in [3.05, 3.63) is 107 Å². The summed E-state index contributed by atoms with van der Waals surface area (Å²) in [5.41, 5.74) is 1.16. The Balaban J connectivity index is 1.29. The summed E-state index contributed by atoms with van der Waals surface area (Å²) in [6, 6.07) is 19.8. The molecule has 262 valence electrons. The third-order valence-corrected chi connectivity index (χ3v) is 8.49. The molecule has 2 heterocycles. The van der Waals surface area contributed by atoms with E-state index in [0.29, 0.717) is 0 Å². The summed E-state index contributed by atoms with van der Waals surface area (Å²) >= 11 is 0. The zero-order valence-electron chi connectivity index (χ0n) is 27.9. The Morgan fingerprint density at radius 1 is 0.857 bits per heavy atom. The SMILES string of the molecule is CC(C)(C)OC(=O)N1C[C@H](OCc2ccccc2)C[C@@H]1[C@@H](O)[C@H](Cc1cc(F)cc(F)c1)NC(=O)C1CN(C(=O)OCc2ccccc2)C1. The van der Waals surface area contributed by atoms with E-state index in [4.69, 9.17) is 14.2 Å². The monoisotopic (exact) mass is 679 g/mol. The van der Waals surface area contributed by atoms with Crippen molar-refractivity contribution < 1.29 is 42.5 Å². The number of aliphatic hydroxyl groups is 1. The number of rotatable bonds is 11. The van der Waals surface area contributed by atoms with Crippen molar-refractivity contribution >= 4 is 18.1 Å². The smallest absolute Gasteiger partial charge is 0.410 e. The quantitative estimate of drug-likeness (QED) is 0.286. The number of carbonyl (C=O) groups excluding carboxylic acids is 3. The van der Waals surface area contributed by atoms with E-state index in [1.54, 1.807) is 20.8 Å². The minimum Gasteiger partial charge on any atom is -0.445 e. The van der Waals surface area contributed by atoms with Gasteiger partial charge in [0.1, 0.15) is 23.8 Å². The van der Waals surface area contributed by atoms with Gasteiger partial charge in [-0.2, -0.15) is 0 Å². The summed E-state index contributed by atoms with van der Waals surface area (Å²) in [6.45, 7) is 5.90. The Labute approximate surface area is 284 Å². The number of hydrogen-bond donors (Lipinski definition) is 2. The van der Waals surface area contributed by atoms with Crippen molar-refractivity contribution in [2.24, 2.45) is 5.92 Å². The van der Waals surface area contributed by atoms with E-state index in [1.165, 1.54) is 9.80 Å². The molecule has 0 unspecified atom stereocenters. The second kappa shape index (κ2) is 15.8. The van der Waals surface area contributed by atoms with Gasteiger partial charge >= 0.3 is 12.2 Å². The fraction of sp³-hybridized carbons (Fsp3) is 0.432. The van der Waals surface area contributed by atoms with Crippen LogP contribution in [0.4, 0.5) is 18.4 Å². The van der Waals surface area contributed by atoms with Crippen LogP contribution in [0.5, 0.6) is 0 Å². The van der Waals surface area contributed by atoms with Crippen molar-refractivity contribution in [1.82, 2.24) is 15.1 Å². The maximum absolute atomic E-state index is 14.2. The van der Waals surface area contributed by atoms with Crippen LogP contribution in [-0.4, -0.2) is 82.5 Å². The van der Waals surface area contributed by atoms with Gasteiger partial charge in [-0.25, -0.2) is 18.4 Å². The fourth-order valence-electron chi connectivity index (χ4n) is 6.00. The van der Waals surface area contributed by atoms with Gasteiger partial charge in [-0.15, -0.1) is 0 Å². The largest absolute Gasteiger partial charge is 0.445 e. The zero-order chi connectivity index (χ0) is 35.1. The Kier molecular flexibility index (Phi) is 11.5. The number of nitrogens with zero attached hydrogens (tertiary/aromatic N) is 2. The standard InChI is InChI=1S/C37H43F2N3O7/c1-37(2,3)49-36(46)42-21-30(47-22-24-10-6-4-7-11-24)18-32(42)33(43)31(16-26-14-28(38)17-29(39)15-26)40-34(44)27-19-41(20-27)35(45)48-23-25-12-8-5-9-13-25/h4-15,17,27,30-33,43H,16,18-23H2,1-3H3,(H,40,44)/t30-,31+,32-,33+/m1/s1. The first-order chi connectivity index (χ1) is 23.3. The van der Waals surface area contributed by atoms with E-state index < -0.39 is 65.5 Å². The number of amides is 3. The summed E-state index contributed by atoms with van der Waals surface area (Å²) in [5, 5.41) is 14.7. The maximum atomic E-state index is 14.2. The Morgan fingerprint density at radius 3 is 2.04 bits per heavy atom. The highest BCUT2D eigenvalue weighted by Gasteiger charge is 2.45. The van der Waals surface area contributed by atoms with Crippen molar-refractivity contribution in [3.63, 3.8) is 0 Å². The first kappa shape index (κ1) is 35.7. The summed E-state index contributed by atoms with van der Waals surface area (Å²) in [5.74, 6) is -2.66. The van der Waals surface area contributed by atoms with Crippen molar-refractivity contribution in [3.8, 4) is 0 Å². The summed E-state index contributed by atoms with van der Waals surface area (Å²) in [6.07, 6.45) is -2.96. The number of ether oxygens (including phenoxy) is 3. The van der Waals surface area contributed by atoms with Crippen LogP contribution in [-0.2, 0) is 38.6 Å². The third-order valence-electron chi connectivity index (χ3n) is 8.49. The predicted octanol–water partition coefficient (Wildman–Crippen LogP) is 5.22. The lowest BCUT2D eigenvalue weighted by Crippen LogP contribution is -2.60. The fourth-order valence-corrected chi connectivity index (χ4v) is 6.00. The van der Waals surface area contributed by atoms with Gasteiger partial charge in [0.15, 0.2) is 0 Å². The minimum atomic E-state index is -1.37. The molecule has 0 aromatic heterocycles. The first-order valence-electron chi connectivity index (χ1n) is 16.4. The molecular weight excluding hydrogens is 636 g/mol. The minimum absolute atomic E-state index is 0.0943. The van der Waals surface area contributed by atoms with Crippen LogP contribution >= 0.6 is 0 Å². The lowest BCUT2D eigenvalue weighted by molar-refractivity contribution is -0.131. The Hall–Kier alpha value is -4.55. The lowest BCUT2D eigenvalue weighted by Gasteiger charge is -2.39. The molecule has 2 aliphatic heterocycles. The Bertz CT molecular complexity index is 1560. The van der Waals surface area contributed by atoms with Gasteiger partial charge in [0.2, 0.25) is 5.91 Å². The van der Waals surface area contributed by atoms with E-state index in [2.05, 4.69) is 5.32 Å². The van der Waals surface area contributed by atoms with Crippen LogP contribution in [0.15, 0.2) is 78.9 Å². The average molecular weight is 680 g/mol. The number of likely N-dealkylation sites (tertiary alicyclic amines) is 2. The molecule has 0 spiro atoms. The molecule has 2 N–H and O–H groups in total. The van der Waals surface area contributed by atoms with Gasteiger partial charge in [-0.1, -0.05) is 60.7 Å². The highest BCUT2D eigenvalue weighted by Crippen LogP contribution is 2.29. The van der Waals surface area contributed by atoms with Crippen molar-refractivity contribution in [2.45, 2.75) is 76.7 Å². The molecule has 4 atom stereocenters. The number of aliphatic hydroxyl groups excluding tert-OH is 1. The van der Waals surface area contributed by atoms with Crippen LogP contribution < -0.4 is 5.32 Å². The topological polar surface area (TPSA) is 118 Å². The molecule has 2 aliphatic rings. The summed E-state index contributed by atoms with van der Waals surface area (Å²) in [4.78, 5) is 42.2. The molecule has 3 amide bonds. The molecular formula is C37H43F2N3O7. The molecule has 10 nitrogen and oxygen atoms in total. The van der Waals surface area contributed by atoms with E-state index in [9.17, 15) is 28.3 Å². The normalized spacial score (nSPS) is 19.1. The second-order valence-corrected chi connectivity index (χ2v) is 13.6. The van der Waals surface area contributed by atoms with Crippen LogP contribution in [0.1, 0.15) is 43.9 Å². The molecule has 0 radical (unpaired) electrons. The van der Waals surface area contributed by atoms with Crippen LogP contribution in [0.2, 0.25) is 0 Å². The lowest BCUT2D eigenvalue weighted by atomic mass is 9.92. The van der Waals surface area contributed by atoms with Crippen LogP contribution in [0.25, 0.3) is 0 Å². The number of hydrogen-bond acceptors (Lipinski definition) is 7. The molecule has 0 saturated carbocycles. The van der Waals surface area contributed by atoms with Crippen molar-refractivity contribution in [2.75, 3.05) is 19.6 Å². The summed E-state index contributed by atoms with van der Waals surface area (Å²) in [7, 11) is 0. The third kappa shape index (κ3) is 9.99. The second-order valence-electron chi connectivity index (χ2n) is 13.6. The number of carbonyl (C=O) groups is 3. The van der Waals surface area contributed by atoms with Gasteiger partial charge in [-0.05, 0) is 62.4 Å². The van der Waals surface area contributed by atoms with E-state index in [0.717, 1.165) is 29.3 Å². The van der Waals surface area contributed by atoms with Gasteiger partial charge in [0.05, 0.1) is 43.4 Å². The number of nitrogens with one attached hydrogen (secondary N) is 1. The molecule has 3 aromatic carbocycles. The van der Waals surface area contributed by atoms with Gasteiger partial charge in [-0.3, -0.25) is 9.69 Å². The molecule has 49 heavy (non-hydrogen) atoms. The molecule has 0 bridgehead atoms. The van der Waals surface area contributed by atoms with Crippen LogP contribution in [0, 0.1) is 17.6 Å². The molecule has 2 fully saturated rings. The van der Waals surface area contributed by atoms with E-state index in [-0.39, 0.29) is 51.3 Å². The maximum Gasteiger partial charge on any atom is 0.410 e. The number of benzene rings is 3. The van der Waals surface area contributed by atoms with Gasteiger partial charge in [0.25, 0.3) is 0 Å². The zero-order valence-corrected chi connectivity index (χ0v) is 27.9. The molecule has 0 aliphatic carbocycles. The highest BCUT2D eigenvalue weighted by atomic mass is 19.1. The molecule has 2 saturated heterocycles. The predicted molar refractivity (Wildman–Crippen MR) is 176 cm³/mol. The molecule has 12 heteroatoms. The van der Waals surface area contributed by atoms with E-state index in [1.807, 2.05) is 60.7 Å².